The van der Waals surface area contributed by atoms with E-state index in [9.17, 15) is 4.79 Å². The summed E-state index contributed by atoms with van der Waals surface area (Å²) in [5.41, 5.74) is 2.24. The topological polar surface area (TPSA) is 68.0 Å². The Bertz CT molecular complexity index is 873. The van der Waals surface area contributed by atoms with Crippen molar-refractivity contribution >= 4 is 39.7 Å². The number of aromatic nitrogens is 2. The van der Waals surface area contributed by atoms with Gasteiger partial charge in [0.25, 0.3) is 0 Å². The van der Waals surface area contributed by atoms with E-state index >= 15 is 0 Å². The molecule has 118 valence electrons. The number of carbonyl (C=O) groups is 1. The number of fused-ring (bicyclic) bond motifs is 3. The maximum atomic E-state index is 12.1. The molecule has 0 radical (unpaired) electrons. The molecule has 1 atom stereocenters. The maximum absolute atomic E-state index is 12.1. The van der Waals surface area contributed by atoms with Crippen LogP contribution in [0, 0.1) is 5.92 Å². The van der Waals surface area contributed by atoms with E-state index in [1.807, 2.05) is 24.3 Å². The first-order chi connectivity index (χ1) is 11.2. The van der Waals surface area contributed by atoms with E-state index in [2.05, 4.69) is 22.2 Å². The third kappa shape index (κ3) is 2.91. The first-order valence-corrected chi connectivity index (χ1v) is 8.75. The van der Waals surface area contributed by atoms with Gasteiger partial charge in [0.1, 0.15) is 22.5 Å². The lowest BCUT2D eigenvalue weighted by Crippen LogP contribution is -2.35. The number of nitrogens with zero attached hydrogens (tertiary/aromatic N) is 2. The van der Waals surface area contributed by atoms with Gasteiger partial charge in [-0.25, -0.2) is 9.97 Å². The number of rotatable bonds is 5. The molecule has 1 amide bonds. The molecule has 5 nitrogen and oxygen atoms in total. The molecule has 2 heterocycles. The first-order valence-electron chi connectivity index (χ1n) is 7.77. The van der Waals surface area contributed by atoms with Crippen LogP contribution in [0.3, 0.4) is 0 Å². The van der Waals surface area contributed by atoms with Crippen LogP contribution >= 0.6 is 11.8 Å². The third-order valence-corrected chi connectivity index (χ3v) is 5.15. The van der Waals surface area contributed by atoms with Gasteiger partial charge in [-0.3, -0.25) is 4.79 Å². The predicted molar refractivity (Wildman–Crippen MR) is 90.4 cm³/mol. The Morgan fingerprint density at radius 2 is 2.22 bits per heavy atom. The molecule has 1 aliphatic carbocycles. The summed E-state index contributed by atoms with van der Waals surface area (Å²) < 4.78 is 5.87. The zero-order valence-corrected chi connectivity index (χ0v) is 13.6. The van der Waals surface area contributed by atoms with Gasteiger partial charge in [0.15, 0.2) is 5.58 Å². The number of nitrogens with one attached hydrogen (secondary N) is 1. The van der Waals surface area contributed by atoms with E-state index in [0.717, 1.165) is 16.5 Å². The van der Waals surface area contributed by atoms with Crippen molar-refractivity contribution in [2.45, 2.75) is 30.8 Å². The van der Waals surface area contributed by atoms with E-state index in [-0.39, 0.29) is 11.9 Å². The summed E-state index contributed by atoms with van der Waals surface area (Å²) in [6.45, 7) is 2.07. The summed E-state index contributed by atoms with van der Waals surface area (Å²) in [5, 5.41) is 4.73. The molecule has 1 fully saturated rings. The fourth-order valence-corrected chi connectivity index (χ4v) is 3.49. The van der Waals surface area contributed by atoms with Crippen molar-refractivity contribution in [3.63, 3.8) is 0 Å². The van der Waals surface area contributed by atoms with Crippen LogP contribution in [0.1, 0.15) is 19.8 Å². The van der Waals surface area contributed by atoms with Gasteiger partial charge in [-0.1, -0.05) is 23.9 Å². The van der Waals surface area contributed by atoms with E-state index in [0.29, 0.717) is 22.3 Å². The summed E-state index contributed by atoms with van der Waals surface area (Å²) in [4.78, 5) is 20.7. The van der Waals surface area contributed by atoms with Gasteiger partial charge in [-0.15, -0.1) is 0 Å². The van der Waals surface area contributed by atoms with Crippen molar-refractivity contribution in [3.05, 3.63) is 30.6 Å². The summed E-state index contributed by atoms with van der Waals surface area (Å²) in [7, 11) is 0. The number of para-hydroxylation sites is 1. The minimum atomic E-state index is 0.0391. The number of amides is 1. The van der Waals surface area contributed by atoms with E-state index in [1.54, 1.807) is 0 Å². The zero-order chi connectivity index (χ0) is 15.8. The van der Waals surface area contributed by atoms with E-state index in [4.69, 9.17) is 4.42 Å². The van der Waals surface area contributed by atoms with Gasteiger partial charge in [-0.05, 0) is 37.8 Å². The predicted octanol–water partition coefficient (Wildman–Crippen LogP) is 3.38. The molecule has 0 bridgehead atoms. The Morgan fingerprint density at radius 3 is 3.04 bits per heavy atom. The molecule has 1 aliphatic rings. The molecule has 0 aliphatic heterocycles. The van der Waals surface area contributed by atoms with E-state index in [1.165, 1.54) is 30.9 Å². The van der Waals surface area contributed by atoms with Gasteiger partial charge in [0, 0.05) is 11.4 Å². The fourth-order valence-electron chi connectivity index (χ4n) is 2.75. The van der Waals surface area contributed by atoms with Crippen molar-refractivity contribution in [2.75, 3.05) is 5.75 Å². The largest absolute Gasteiger partial charge is 0.451 e. The normalized spacial score (nSPS) is 15.9. The number of hydrogen-bond donors (Lipinski definition) is 1. The summed E-state index contributed by atoms with van der Waals surface area (Å²) in [6.07, 6.45) is 3.97. The lowest BCUT2D eigenvalue weighted by atomic mass is 10.2. The van der Waals surface area contributed by atoms with Gasteiger partial charge in [-0.2, -0.15) is 0 Å². The van der Waals surface area contributed by atoms with Crippen LogP contribution in [0.25, 0.3) is 22.1 Å². The Labute approximate surface area is 137 Å². The molecular weight excluding hydrogens is 310 g/mol. The minimum Gasteiger partial charge on any atom is -0.451 e. The molecule has 1 aromatic carbocycles. The van der Waals surface area contributed by atoms with Crippen LogP contribution in [-0.4, -0.2) is 27.7 Å². The van der Waals surface area contributed by atoms with Crippen molar-refractivity contribution < 1.29 is 9.21 Å². The monoisotopic (exact) mass is 327 g/mol. The zero-order valence-electron chi connectivity index (χ0n) is 12.8. The molecular formula is C17H17N3O2S. The maximum Gasteiger partial charge on any atom is 0.230 e. The van der Waals surface area contributed by atoms with Crippen LogP contribution in [0.5, 0.6) is 0 Å². The average molecular weight is 327 g/mol. The molecule has 0 spiro atoms. The van der Waals surface area contributed by atoms with Crippen molar-refractivity contribution in [3.8, 4) is 0 Å². The minimum absolute atomic E-state index is 0.0391. The third-order valence-electron chi connectivity index (χ3n) is 4.18. The quantitative estimate of drug-likeness (QED) is 0.575. The van der Waals surface area contributed by atoms with Gasteiger partial charge in [0.05, 0.1) is 5.75 Å². The highest BCUT2D eigenvalue weighted by Gasteiger charge is 2.28. The van der Waals surface area contributed by atoms with Crippen LogP contribution < -0.4 is 5.32 Å². The second kappa shape index (κ2) is 5.85. The molecule has 4 rings (SSSR count). The SMILES string of the molecule is C[C@@H](NC(=O)CSc1ncnc2c1oc1ccccc12)C1CC1. The summed E-state index contributed by atoms with van der Waals surface area (Å²) in [5.74, 6) is 1.03. The number of thioether (sulfide) groups is 1. The van der Waals surface area contributed by atoms with Gasteiger partial charge < -0.3 is 9.73 Å². The van der Waals surface area contributed by atoms with Crippen LogP contribution in [0.2, 0.25) is 0 Å². The highest BCUT2D eigenvalue weighted by Crippen LogP contribution is 2.33. The van der Waals surface area contributed by atoms with Gasteiger partial charge in [0.2, 0.25) is 5.91 Å². The first kappa shape index (κ1) is 14.5. The fraction of sp³-hybridized carbons (Fsp3) is 0.353. The second-order valence-electron chi connectivity index (χ2n) is 5.94. The van der Waals surface area contributed by atoms with Gasteiger partial charge >= 0.3 is 0 Å². The smallest absolute Gasteiger partial charge is 0.230 e. The molecule has 23 heavy (non-hydrogen) atoms. The summed E-state index contributed by atoms with van der Waals surface area (Å²) in [6, 6.07) is 8.04. The van der Waals surface area contributed by atoms with Crippen molar-refractivity contribution in [2.24, 2.45) is 5.92 Å². The van der Waals surface area contributed by atoms with Crippen LogP contribution in [0.4, 0.5) is 0 Å². The molecule has 2 aromatic heterocycles. The molecule has 1 saturated carbocycles. The molecule has 0 unspecified atom stereocenters. The number of benzene rings is 1. The average Bonchev–Trinajstić information content (AvgIpc) is 3.34. The van der Waals surface area contributed by atoms with Crippen molar-refractivity contribution in [1.29, 1.82) is 0 Å². The van der Waals surface area contributed by atoms with E-state index < -0.39 is 0 Å². The summed E-state index contributed by atoms with van der Waals surface area (Å²) >= 11 is 1.39. The second-order valence-corrected chi connectivity index (χ2v) is 6.90. The Kier molecular flexibility index (Phi) is 3.69. The molecule has 6 heteroatoms. The Balaban J connectivity index is 1.53. The number of furan rings is 1. The van der Waals surface area contributed by atoms with Crippen LogP contribution in [-0.2, 0) is 4.79 Å². The lowest BCUT2D eigenvalue weighted by Gasteiger charge is -2.12. The highest BCUT2D eigenvalue weighted by molar-refractivity contribution is 8.00. The van der Waals surface area contributed by atoms with Crippen molar-refractivity contribution in [1.82, 2.24) is 15.3 Å². The number of carbonyl (C=O) groups excluding carboxylic acids is 1. The number of hydrogen-bond acceptors (Lipinski definition) is 5. The standard InChI is InChI=1S/C17H17N3O2S/c1-10(11-6-7-11)20-14(21)8-23-17-16-15(18-9-19-17)12-4-2-3-5-13(12)22-16/h2-5,9-11H,6-8H2,1H3,(H,20,21)/t10-/m1/s1. The molecule has 0 saturated heterocycles. The highest BCUT2D eigenvalue weighted by atomic mass is 32.2. The lowest BCUT2D eigenvalue weighted by molar-refractivity contribution is -0.119. The van der Waals surface area contributed by atoms with Crippen LogP contribution in [0.15, 0.2) is 40.0 Å². The Morgan fingerprint density at radius 1 is 1.39 bits per heavy atom. The molecule has 1 N–H and O–H groups in total. The molecule has 3 aromatic rings. The Hall–Kier alpha value is -2.08.